The Labute approximate surface area is 148 Å². The fourth-order valence-electron chi connectivity index (χ4n) is 2.10. The molecule has 0 fully saturated rings. The molecule has 2 aromatic rings. The fraction of sp³-hybridized carbons (Fsp3) is 0.176. The number of para-hydroxylation sites is 1. The Morgan fingerprint density at radius 2 is 1.91 bits per heavy atom. The number of rotatable bonds is 5. The van der Waals surface area contributed by atoms with E-state index < -0.39 is 0 Å². The Hall–Kier alpha value is -1.85. The summed E-state index contributed by atoms with van der Waals surface area (Å²) >= 11 is 9.39. The van der Waals surface area contributed by atoms with Crippen molar-refractivity contribution in [3.8, 4) is 0 Å². The molecule has 0 saturated heterocycles. The van der Waals surface area contributed by atoms with Crippen molar-refractivity contribution >= 4 is 50.7 Å². The summed E-state index contributed by atoms with van der Waals surface area (Å²) in [6.45, 7) is 1.77. The van der Waals surface area contributed by atoms with E-state index in [1.165, 1.54) is 6.92 Å². The summed E-state index contributed by atoms with van der Waals surface area (Å²) < 4.78 is 0.877. The average Bonchev–Trinajstić information content (AvgIpc) is 2.49. The first-order chi connectivity index (χ1) is 11.0. The maximum Gasteiger partial charge on any atom is 0.226 e. The van der Waals surface area contributed by atoms with Gasteiger partial charge in [-0.25, -0.2) is 0 Å². The van der Waals surface area contributed by atoms with Gasteiger partial charge in [0.2, 0.25) is 11.8 Å². The van der Waals surface area contributed by atoms with E-state index >= 15 is 0 Å². The van der Waals surface area contributed by atoms with Crippen LogP contribution in [-0.4, -0.2) is 18.4 Å². The molecule has 2 rings (SSSR count). The van der Waals surface area contributed by atoms with E-state index in [1.807, 2.05) is 24.3 Å². The number of amides is 2. The molecule has 0 heterocycles. The Morgan fingerprint density at radius 1 is 1.17 bits per heavy atom. The number of carbonyl (C=O) groups is 2. The second-order valence-electron chi connectivity index (χ2n) is 4.93. The quantitative estimate of drug-likeness (QED) is 0.811. The molecular weight excluding hydrogens is 380 g/mol. The van der Waals surface area contributed by atoms with E-state index in [0.29, 0.717) is 17.3 Å². The highest BCUT2D eigenvalue weighted by atomic mass is 79.9. The number of hydrogen-bond acceptors (Lipinski definition) is 2. The minimum atomic E-state index is -0.195. The maximum absolute atomic E-state index is 12.1. The van der Waals surface area contributed by atoms with Crippen LogP contribution in [0.25, 0.3) is 0 Å². The third kappa shape index (κ3) is 5.08. The topological polar surface area (TPSA) is 49.4 Å². The third-order valence-corrected chi connectivity index (χ3v) is 4.03. The third-order valence-electron chi connectivity index (χ3n) is 3.21. The van der Waals surface area contributed by atoms with Gasteiger partial charge in [-0.2, -0.15) is 0 Å². The molecule has 0 aliphatic heterocycles. The lowest BCUT2D eigenvalue weighted by molar-refractivity contribution is -0.117. The lowest BCUT2D eigenvalue weighted by atomic mass is 10.2. The number of hydrogen-bond donors (Lipinski definition) is 1. The van der Waals surface area contributed by atoms with Crippen LogP contribution in [0.1, 0.15) is 13.3 Å². The van der Waals surface area contributed by atoms with E-state index in [4.69, 9.17) is 11.6 Å². The molecule has 6 heteroatoms. The van der Waals surface area contributed by atoms with Crippen molar-refractivity contribution in [2.75, 3.05) is 16.8 Å². The second kappa shape index (κ2) is 8.13. The van der Waals surface area contributed by atoms with Gasteiger partial charge in [0.05, 0.1) is 10.7 Å². The van der Waals surface area contributed by atoms with Crippen molar-refractivity contribution in [2.24, 2.45) is 0 Å². The van der Waals surface area contributed by atoms with E-state index in [2.05, 4.69) is 21.2 Å². The molecule has 2 amide bonds. The van der Waals surface area contributed by atoms with Gasteiger partial charge in [0, 0.05) is 30.0 Å². The van der Waals surface area contributed by atoms with Crippen molar-refractivity contribution in [1.29, 1.82) is 0 Å². The molecular formula is C17H16BrClN2O2. The van der Waals surface area contributed by atoms with Gasteiger partial charge in [-0.3, -0.25) is 9.59 Å². The van der Waals surface area contributed by atoms with E-state index in [9.17, 15) is 9.59 Å². The summed E-state index contributed by atoms with van der Waals surface area (Å²) in [7, 11) is 0. The summed E-state index contributed by atoms with van der Waals surface area (Å²) in [5, 5.41) is 3.23. The number of anilines is 2. The van der Waals surface area contributed by atoms with Gasteiger partial charge < -0.3 is 10.2 Å². The predicted octanol–water partition coefficient (Wildman–Crippen LogP) is 4.48. The zero-order valence-corrected chi connectivity index (χ0v) is 14.9. The zero-order chi connectivity index (χ0) is 16.8. The molecule has 0 aromatic heterocycles. The molecule has 0 atom stereocenters. The highest BCUT2D eigenvalue weighted by Gasteiger charge is 2.14. The molecule has 0 unspecified atom stereocenters. The summed E-state index contributed by atoms with van der Waals surface area (Å²) in [5.41, 5.74) is 1.31. The molecule has 0 saturated carbocycles. The zero-order valence-electron chi connectivity index (χ0n) is 12.6. The smallest absolute Gasteiger partial charge is 0.226 e. The first-order valence-electron chi connectivity index (χ1n) is 7.05. The lowest BCUT2D eigenvalue weighted by Gasteiger charge is -2.21. The van der Waals surface area contributed by atoms with Gasteiger partial charge in [-0.1, -0.05) is 45.7 Å². The van der Waals surface area contributed by atoms with Gasteiger partial charge in [0.25, 0.3) is 0 Å². The van der Waals surface area contributed by atoms with Crippen molar-refractivity contribution in [3.63, 3.8) is 0 Å². The average molecular weight is 396 g/mol. The Bertz CT molecular complexity index is 721. The summed E-state index contributed by atoms with van der Waals surface area (Å²) in [6.07, 6.45) is 0.178. The van der Waals surface area contributed by atoms with Gasteiger partial charge in [0.15, 0.2) is 0 Å². The van der Waals surface area contributed by atoms with Crippen molar-refractivity contribution < 1.29 is 9.59 Å². The van der Waals surface area contributed by atoms with Gasteiger partial charge in [0.1, 0.15) is 0 Å². The van der Waals surface area contributed by atoms with E-state index in [-0.39, 0.29) is 18.2 Å². The summed E-state index contributed by atoms with van der Waals surface area (Å²) in [4.78, 5) is 25.5. The minimum absolute atomic E-state index is 0.117. The lowest BCUT2D eigenvalue weighted by Crippen LogP contribution is -2.31. The Morgan fingerprint density at radius 3 is 2.57 bits per heavy atom. The first kappa shape index (κ1) is 17.5. The van der Waals surface area contributed by atoms with Crippen LogP contribution in [0.5, 0.6) is 0 Å². The summed E-state index contributed by atoms with van der Waals surface area (Å²) in [5.74, 6) is -0.312. The van der Waals surface area contributed by atoms with Crippen LogP contribution >= 0.6 is 27.5 Å². The first-order valence-corrected chi connectivity index (χ1v) is 8.22. The van der Waals surface area contributed by atoms with Crippen LogP contribution in [-0.2, 0) is 9.59 Å². The molecule has 0 spiro atoms. The van der Waals surface area contributed by atoms with Gasteiger partial charge >= 0.3 is 0 Å². The van der Waals surface area contributed by atoms with E-state index in [0.717, 1.165) is 10.2 Å². The molecule has 120 valence electrons. The van der Waals surface area contributed by atoms with Crippen LogP contribution in [0, 0.1) is 0 Å². The van der Waals surface area contributed by atoms with Gasteiger partial charge in [-0.05, 0) is 30.3 Å². The number of halogens is 2. The van der Waals surface area contributed by atoms with Crippen LogP contribution in [0.2, 0.25) is 5.02 Å². The SMILES string of the molecule is CC(=O)N(CCC(=O)Nc1ccccc1Cl)c1cccc(Br)c1. The Kier molecular flexibility index (Phi) is 6.19. The Balaban J connectivity index is 2.00. The number of benzene rings is 2. The largest absolute Gasteiger partial charge is 0.325 e. The van der Waals surface area contributed by atoms with Crippen molar-refractivity contribution in [2.45, 2.75) is 13.3 Å². The monoisotopic (exact) mass is 394 g/mol. The molecule has 2 aromatic carbocycles. The number of carbonyl (C=O) groups excluding carboxylic acids is 2. The van der Waals surface area contributed by atoms with Crippen molar-refractivity contribution in [3.05, 3.63) is 58.0 Å². The number of nitrogens with zero attached hydrogens (tertiary/aromatic N) is 1. The van der Waals surface area contributed by atoms with Crippen LogP contribution in [0.4, 0.5) is 11.4 Å². The second-order valence-corrected chi connectivity index (χ2v) is 6.25. The molecule has 1 N–H and O–H groups in total. The highest BCUT2D eigenvalue weighted by Crippen LogP contribution is 2.22. The van der Waals surface area contributed by atoms with E-state index in [1.54, 1.807) is 29.2 Å². The highest BCUT2D eigenvalue weighted by molar-refractivity contribution is 9.10. The van der Waals surface area contributed by atoms with Crippen LogP contribution in [0.3, 0.4) is 0 Å². The number of nitrogens with one attached hydrogen (secondary N) is 1. The normalized spacial score (nSPS) is 10.2. The molecule has 0 aliphatic carbocycles. The summed E-state index contributed by atoms with van der Waals surface area (Å²) in [6, 6.07) is 14.4. The molecule has 0 aliphatic rings. The molecule has 23 heavy (non-hydrogen) atoms. The van der Waals surface area contributed by atoms with Crippen LogP contribution < -0.4 is 10.2 Å². The van der Waals surface area contributed by atoms with Gasteiger partial charge in [-0.15, -0.1) is 0 Å². The maximum atomic E-state index is 12.1. The van der Waals surface area contributed by atoms with Crippen LogP contribution in [0.15, 0.2) is 53.0 Å². The fourth-order valence-corrected chi connectivity index (χ4v) is 2.67. The standard InChI is InChI=1S/C17H16BrClN2O2/c1-12(22)21(14-6-4-5-13(18)11-14)10-9-17(23)20-16-8-3-2-7-15(16)19/h2-8,11H,9-10H2,1H3,(H,20,23). The molecule has 4 nitrogen and oxygen atoms in total. The van der Waals surface area contributed by atoms with Crippen molar-refractivity contribution in [1.82, 2.24) is 0 Å². The molecule has 0 radical (unpaired) electrons. The predicted molar refractivity (Wildman–Crippen MR) is 96.9 cm³/mol. The minimum Gasteiger partial charge on any atom is -0.325 e. The molecule has 0 bridgehead atoms.